The molecule has 3 fully saturated rings. The van der Waals surface area contributed by atoms with E-state index in [1.807, 2.05) is 11.2 Å². The van der Waals surface area contributed by atoms with Crippen LogP contribution in [0.3, 0.4) is 0 Å². The van der Waals surface area contributed by atoms with E-state index >= 15 is 0 Å². The van der Waals surface area contributed by atoms with Crippen LogP contribution in [-0.4, -0.2) is 61.5 Å². The number of nitrogens with zero attached hydrogens (tertiary/aromatic N) is 5. The van der Waals surface area contributed by atoms with Gasteiger partial charge in [-0.15, -0.1) is 0 Å². The molecule has 2 saturated carbocycles. The van der Waals surface area contributed by atoms with Crippen LogP contribution in [0.1, 0.15) is 96.4 Å². The fourth-order valence-corrected chi connectivity index (χ4v) is 5.93. The summed E-state index contributed by atoms with van der Waals surface area (Å²) in [6, 6.07) is 1.43. The summed E-state index contributed by atoms with van der Waals surface area (Å²) < 4.78 is 2.27. The van der Waals surface area contributed by atoms with Crippen molar-refractivity contribution in [3.05, 3.63) is 6.33 Å². The van der Waals surface area contributed by atoms with Gasteiger partial charge in [0.2, 0.25) is 11.9 Å². The second kappa shape index (κ2) is 11.1. The average molecular weight is 483 g/mol. The van der Waals surface area contributed by atoms with Crippen molar-refractivity contribution in [1.82, 2.24) is 24.4 Å². The zero-order chi connectivity index (χ0) is 24.2. The highest BCUT2D eigenvalue weighted by Gasteiger charge is 2.27. The number of nitrogens with two attached hydrogens (primary N) is 1. The monoisotopic (exact) mass is 482 g/mol. The average Bonchev–Trinajstić information content (AvgIpc) is 3.54. The minimum atomic E-state index is 0.278. The van der Waals surface area contributed by atoms with Crippen LogP contribution >= 0.6 is 0 Å². The maximum atomic E-state index is 12.4. The number of nitrogens with one attached hydrogen (secondary N) is 2. The van der Waals surface area contributed by atoms with E-state index in [1.165, 1.54) is 25.7 Å². The number of amides is 1. The lowest BCUT2D eigenvalue weighted by Crippen LogP contribution is -2.42. The molecule has 0 spiro atoms. The van der Waals surface area contributed by atoms with Crippen molar-refractivity contribution in [2.45, 2.75) is 115 Å². The van der Waals surface area contributed by atoms with Crippen LogP contribution in [0.25, 0.3) is 11.2 Å². The molecule has 0 radical (unpaired) electrons. The Labute approximate surface area is 208 Å². The van der Waals surface area contributed by atoms with Crippen molar-refractivity contribution in [1.29, 1.82) is 0 Å². The lowest BCUT2D eigenvalue weighted by atomic mass is 9.92. The molecule has 2 aromatic heterocycles. The quantitative estimate of drug-likeness (QED) is 0.516. The van der Waals surface area contributed by atoms with Crippen LogP contribution in [0.5, 0.6) is 0 Å². The Bertz CT molecular complexity index is 985. The van der Waals surface area contributed by atoms with Gasteiger partial charge in [0.25, 0.3) is 0 Å². The van der Waals surface area contributed by atoms with E-state index in [0.29, 0.717) is 36.4 Å². The van der Waals surface area contributed by atoms with Gasteiger partial charge in [-0.3, -0.25) is 4.79 Å². The van der Waals surface area contributed by atoms with Crippen LogP contribution < -0.4 is 16.4 Å². The predicted molar refractivity (Wildman–Crippen MR) is 139 cm³/mol. The summed E-state index contributed by atoms with van der Waals surface area (Å²) in [7, 11) is 0. The van der Waals surface area contributed by atoms with E-state index in [2.05, 4.69) is 22.1 Å². The largest absolute Gasteiger partial charge is 0.365 e. The van der Waals surface area contributed by atoms with Crippen LogP contribution in [-0.2, 0) is 4.79 Å². The van der Waals surface area contributed by atoms with Gasteiger partial charge < -0.3 is 25.8 Å². The predicted octanol–water partition coefficient (Wildman–Crippen LogP) is 4.22. The number of fused-ring (bicyclic) bond motifs is 1. The van der Waals surface area contributed by atoms with Crippen molar-refractivity contribution >= 4 is 28.8 Å². The normalized spacial score (nSPS) is 24.2. The second-order valence-electron chi connectivity index (χ2n) is 10.8. The van der Waals surface area contributed by atoms with Gasteiger partial charge in [-0.25, -0.2) is 4.98 Å². The summed E-state index contributed by atoms with van der Waals surface area (Å²) in [6.07, 6.45) is 15.6. The molecular weight excluding hydrogens is 440 g/mol. The molecule has 9 nitrogen and oxygen atoms in total. The van der Waals surface area contributed by atoms with Crippen LogP contribution in [0, 0.1) is 0 Å². The molecule has 1 saturated heterocycles. The third kappa shape index (κ3) is 5.71. The summed E-state index contributed by atoms with van der Waals surface area (Å²) in [6.45, 7) is 3.74. The van der Waals surface area contributed by atoms with Crippen LogP contribution in [0.15, 0.2) is 6.33 Å². The summed E-state index contributed by atoms with van der Waals surface area (Å²) in [5, 5.41) is 7.30. The Balaban J connectivity index is 1.33. The van der Waals surface area contributed by atoms with Gasteiger partial charge in [0.1, 0.15) is 0 Å². The van der Waals surface area contributed by atoms with Gasteiger partial charge in [-0.2, -0.15) is 9.97 Å². The molecule has 0 atom stereocenters. The molecule has 3 heterocycles. The van der Waals surface area contributed by atoms with Gasteiger partial charge in [0, 0.05) is 43.7 Å². The molecule has 1 amide bonds. The molecule has 9 heteroatoms. The first kappa shape index (κ1) is 24.3. The van der Waals surface area contributed by atoms with Gasteiger partial charge >= 0.3 is 0 Å². The van der Waals surface area contributed by atoms with E-state index in [-0.39, 0.29) is 6.04 Å². The fourth-order valence-electron chi connectivity index (χ4n) is 5.93. The zero-order valence-corrected chi connectivity index (χ0v) is 21.2. The Kier molecular flexibility index (Phi) is 7.70. The highest BCUT2D eigenvalue weighted by atomic mass is 16.2. The van der Waals surface area contributed by atoms with Gasteiger partial charge in [0.05, 0.1) is 6.33 Å². The van der Waals surface area contributed by atoms with Gasteiger partial charge in [-0.1, -0.05) is 26.2 Å². The van der Waals surface area contributed by atoms with E-state index in [0.717, 1.165) is 81.4 Å². The molecule has 3 aliphatic rings. The number of aromatic nitrogens is 4. The molecule has 2 aromatic rings. The SMILES string of the molecule is CCCCC(=O)N1CCC(Nc2nc(N[C@H]3CC[C@H](N)CC3)nc3c2ncn3C2CCCC2)CC1. The zero-order valence-electron chi connectivity index (χ0n) is 21.2. The standard InChI is InChI=1S/C26H42N8O/c1-2-3-8-22(35)33-15-13-20(14-16-33)29-24-23-25(34(17-28-23)21-6-4-5-7-21)32-26(31-24)30-19-11-9-18(27)10-12-19/h17-21H,2-16,27H2,1H3,(H2,29,30,31,32)/t18-,19-. The third-order valence-corrected chi connectivity index (χ3v) is 8.18. The number of imidazole rings is 1. The van der Waals surface area contributed by atoms with Crippen molar-refractivity contribution < 1.29 is 4.79 Å². The van der Waals surface area contributed by atoms with Crippen molar-refractivity contribution in [3.63, 3.8) is 0 Å². The minimum absolute atomic E-state index is 0.278. The number of rotatable bonds is 8. The Hall–Kier alpha value is -2.42. The maximum Gasteiger partial charge on any atom is 0.227 e. The minimum Gasteiger partial charge on any atom is -0.365 e. The van der Waals surface area contributed by atoms with Crippen molar-refractivity contribution in [2.24, 2.45) is 5.73 Å². The number of carbonyl (C=O) groups is 1. The number of anilines is 2. The van der Waals surface area contributed by atoms with Gasteiger partial charge in [0.15, 0.2) is 17.0 Å². The highest BCUT2D eigenvalue weighted by Crippen LogP contribution is 2.34. The van der Waals surface area contributed by atoms with Crippen LogP contribution in [0.2, 0.25) is 0 Å². The summed E-state index contributed by atoms with van der Waals surface area (Å²) in [5.74, 6) is 1.80. The van der Waals surface area contributed by atoms with E-state index in [9.17, 15) is 4.79 Å². The Morgan fingerprint density at radius 3 is 2.43 bits per heavy atom. The first-order chi connectivity index (χ1) is 17.1. The summed E-state index contributed by atoms with van der Waals surface area (Å²) in [4.78, 5) is 29.1. The van der Waals surface area contributed by atoms with Gasteiger partial charge in [-0.05, 0) is 57.8 Å². The third-order valence-electron chi connectivity index (χ3n) is 8.18. The molecule has 0 unspecified atom stereocenters. The molecule has 192 valence electrons. The number of carbonyl (C=O) groups excluding carboxylic acids is 1. The Morgan fingerprint density at radius 2 is 1.71 bits per heavy atom. The molecule has 35 heavy (non-hydrogen) atoms. The van der Waals surface area contributed by atoms with E-state index in [4.69, 9.17) is 20.7 Å². The first-order valence-electron chi connectivity index (χ1n) is 13.9. The fraction of sp³-hybridized carbons (Fsp3) is 0.769. The second-order valence-corrected chi connectivity index (χ2v) is 10.8. The number of hydrogen-bond donors (Lipinski definition) is 3. The van der Waals surface area contributed by atoms with E-state index in [1.54, 1.807) is 0 Å². The Morgan fingerprint density at radius 1 is 1.00 bits per heavy atom. The topological polar surface area (TPSA) is 114 Å². The number of piperidine rings is 1. The number of likely N-dealkylation sites (tertiary alicyclic amines) is 1. The molecular formula is C26H42N8O. The lowest BCUT2D eigenvalue weighted by Gasteiger charge is -2.33. The van der Waals surface area contributed by atoms with Crippen molar-refractivity contribution in [2.75, 3.05) is 23.7 Å². The number of hydrogen-bond acceptors (Lipinski definition) is 7. The van der Waals surface area contributed by atoms with Crippen molar-refractivity contribution in [3.8, 4) is 0 Å². The molecule has 0 bridgehead atoms. The summed E-state index contributed by atoms with van der Waals surface area (Å²) in [5.41, 5.74) is 7.90. The number of unbranched alkanes of at least 4 members (excludes halogenated alkanes) is 1. The molecule has 4 N–H and O–H groups in total. The lowest BCUT2D eigenvalue weighted by molar-refractivity contribution is -0.132. The summed E-state index contributed by atoms with van der Waals surface area (Å²) >= 11 is 0. The molecule has 0 aromatic carbocycles. The van der Waals surface area contributed by atoms with Crippen LogP contribution in [0.4, 0.5) is 11.8 Å². The first-order valence-corrected chi connectivity index (χ1v) is 13.9. The highest BCUT2D eigenvalue weighted by molar-refractivity contribution is 5.84. The van der Waals surface area contributed by atoms with E-state index < -0.39 is 0 Å². The molecule has 5 rings (SSSR count). The molecule has 1 aliphatic heterocycles. The molecule has 2 aliphatic carbocycles. The smallest absolute Gasteiger partial charge is 0.227 e. The maximum absolute atomic E-state index is 12.4.